The summed E-state index contributed by atoms with van der Waals surface area (Å²) < 4.78 is 11.0. The summed E-state index contributed by atoms with van der Waals surface area (Å²) in [4.78, 5) is 13.8. The van der Waals surface area contributed by atoms with E-state index in [1.54, 1.807) is 0 Å². The zero-order valence-electron chi connectivity index (χ0n) is 10.8. The summed E-state index contributed by atoms with van der Waals surface area (Å²) in [5, 5.41) is 0. The van der Waals surface area contributed by atoms with E-state index in [0.29, 0.717) is 24.0 Å². The van der Waals surface area contributed by atoms with Crippen LogP contribution in [0.4, 0.5) is 4.79 Å². The van der Waals surface area contributed by atoms with Crippen molar-refractivity contribution in [1.82, 2.24) is 4.90 Å². The van der Waals surface area contributed by atoms with Gasteiger partial charge in [0.1, 0.15) is 5.60 Å². The van der Waals surface area contributed by atoms with Crippen LogP contribution < -0.4 is 0 Å². The molecule has 4 nitrogen and oxygen atoms in total. The molecular formula is C13H21NO3. The summed E-state index contributed by atoms with van der Waals surface area (Å²) in [6.45, 7) is 7.45. The van der Waals surface area contributed by atoms with Gasteiger partial charge in [-0.2, -0.15) is 0 Å². The number of likely N-dealkylation sites (tertiary alicyclic amines) is 1. The van der Waals surface area contributed by atoms with Crippen molar-refractivity contribution in [2.45, 2.75) is 51.4 Å². The van der Waals surface area contributed by atoms with Crippen molar-refractivity contribution < 1.29 is 14.3 Å². The molecule has 4 heteroatoms. The van der Waals surface area contributed by atoms with Crippen LogP contribution in [0.2, 0.25) is 0 Å². The molecule has 3 rings (SSSR count). The summed E-state index contributed by atoms with van der Waals surface area (Å²) in [6, 6.07) is 0. The molecule has 4 unspecified atom stereocenters. The largest absolute Gasteiger partial charge is 0.444 e. The molecule has 17 heavy (non-hydrogen) atoms. The molecule has 3 aliphatic rings. The number of nitrogens with zero attached hydrogens (tertiary/aromatic N) is 1. The van der Waals surface area contributed by atoms with Gasteiger partial charge in [-0.3, -0.25) is 0 Å². The minimum Gasteiger partial charge on any atom is -0.444 e. The van der Waals surface area contributed by atoms with Crippen LogP contribution >= 0.6 is 0 Å². The van der Waals surface area contributed by atoms with Crippen LogP contribution in [0.25, 0.3) is 0 Å². The van der Waals surface area contributed by atoms with Crippen molar-refractivity contribution in [3.8, 4) is 0 Å². The first kappa shape index (κ1) is 11.3. The molecule has 96 valence electrons. The molecule has 2 saturated heterocycles. The Morgan fingerprint density at radius 2 is 1.71 bits per heavy atom. The second-order valence-corrected chi connectivity index (χ2v) is 6.59. The number of fused-ring (bicyclic) bond motifs is 2. The summed E-state index contributed by atoms with van der Waals surface area (Å²) in [6.07, 6.45) is 3.11. The van der Waals surface area contributed by atoms with Crippen LogP contribution in [0.15, 0.2) is 0 Å². The number of carbonyl (C=O) groups excluding carboxylic acids is 1. The maximum atomic E-state index is 12.0. The molecule has 0 aromatic heterocycles. The highest BCUT2D eigenvalue weighted by Crippen LogP contribution is 2.46. The number of hydrogen-bond donors (Lipinski definition) is 0. The van der Waals surface area contributed by atoms with Gasteiger partial charge in [0.15, 0.2) is 0 Å². The molecule has 2 aliphatic heterocycles. The van der Waals surface area contributed by atoms with Gasteiger partial charge in [0.25, 0.3) is 0 Å². The molecule has 3 fully saturated rings. The van der Waals surface area contributed by atoms with Crippen LogP contribution in [0.3, 0.4) is 0 Å². The molecule has 2 heterocycles. The summed E-state index contributed by atoms with van der Waals surface area (Å²) >= 11 is 0. The van der Waals surface area contributed by atoms with E-state index in [1.165, 1.54) is 0 Å². The van der Waals surface area contributed by atoms with Crippen molar-refractivity contribution in [3.63, 3.8) is 0 Å². The molecule has 0 bridgehead atoms. The van der Waals surface area contributed by atoms with E-state index in [1.807, 2.05) is 25.7 Å². The van der Waals surface area contributed by atoms with E-state index in [9.17, 15) is 4.79 Å². The van der Waals surface area contributed by atoms with Gasteiger partial charge in [-0.15, -0.1) is 0 Å². The molecule has 1 aliphatic carbocycles. The molecular weight excluding hydrogens is 218 g/mol. The van der Waals surface area contributed by atoms with Crippen molar-refractivity contribution >= 4 is 6.09 Å². The summed E-state index contributed by atoms with van der Waals surface area (Å²) in [5.74, 6) is 1.26. The minimum atomic E-state index is -0.393. The molecule has 4 atom stereocenters. The molecule has 1 amide bonds. The van der Waals surface area contributed by atoms with Crippen molar-refractivity contribution in [1.29, 1.82) is 0 Å². The number of hydrogen-bond acceptors (Lipinski definition) is 3. The van der Waals surface area contributed by atoms with Crippen molar-refractivity contribution in [3.05, 3.63) is 0 Å². The highest BCUT2D eigenvalue weighted by atomic mass is 16.6. The fourth-order valence-electron chi connectivity index (χ4n) is 3.14. The van der Waals surface area contributed by atoms with E-state index in [2.05, 4.69) is 0 Å². The number of epoxide rings is 1. The third kappa shape index (κ3) is 2.28. The molecule has 0 aromatic carbocycles. The number of carbonyl (C=O) groups is 1. The Kier molecular flexibility index (Phi) is 2.41. The first-order valence-electron chi connectivity index (χ1n) is 6.56. The van der Waals surface area contributed by atoms with Crippen LogP contribution in [0.5, 0.6) is 0 Å². The lowest BCUT2D eigenvalue weighted by Gasteiger charge is -2.24. The third-order valence-electron chi connectivity index (χ3n) is 3.99. The smallest absolute Gasteiger partial charge is 0.410 e. The van der Waals surface area contributed by atoms with Crippen molar-refractivity contribution in [2.24, 2.45) is 11.8 Å². The lowest BCUT2D eigenvalue weighted by atomic mass is 9.82. The second-order valence-electron chi connectivity index (χ2n) is 6.59. The Morgan fingerprint density at radius 3 is 2.18 bits per heavy atom. The van der Waals surface area contributed by atoms with Crippen LogP contribution in [-0.2, 0) is 9.47 Å². The Hall–Kier alpha value is -0.770. The van der Waals surface area contributed by atoms with Crippen molar-refractivity contribution in [2.75, 3.05) is 13.1 Å². The summed E-state index contributed by atoms with van der Waals surface area (Å²) in [5.41, 5.74) is -0.393. The van der Waals surface area contributed by atoms with Gasteiger partial charge in [-0.25, -0.2) is 4.79 Å². The fourth-order valence-corrected chi connectivity index (χ4v) is 3.14. The lowest BCUT2D eigenvalue weighted by Crippen LogP contribution is -2.35. The lowest BCUT2D eigenvalue weighted by molar-refractivity contribution is 0.0282. The highest BCUT2D eigenvalue weighted by Gasteiger charge is 2.51. The van der Waals surface area contributed by atoms with Gasteiger partial charge >= 0.3 is 6.09 Å². The average Bonchev–Trinajstić information content (AvgIpc) is 2.79. The fraction of sp³-hybridized carbons (Fsp3) is 0.923. The van der Waals surface area contributed by atoms with Gasteiger partial charge in [-0.1, -0.05) is 0 Å². The minimum absolute atomic E-state index is 0.151. The average molecular weight is 239 g/mol. The first-order valence-corrected chi connectivity index (χ1v) is 6.56. The standard InChI is InChI=1S/C13H21NO3/c1-13(2,3)17-12(15)14-6-8-4-10-11(16-10)5-9(8)7-14/h8-11H,4-7H2,1-3H3. The quantitative estimate of drug-likeness (QED) is 0.607. The molecule has 1 saturated carbocycles. The van der Waals surface area contributed by atoms with Gasteiger partial charge in [-0.05, 0) is 45.4 Å². The Balaban J connectivity index is 1.58. The zero-order valence-corrected chi connectivity index (χ0v) is 10.8. The van der Waals surface area contributed by atoms with Gasteiger partial charge in [0, 0.05) is 13.1 Å². The Labute approximate surface area is 102 Å². The van der Waals surface area contributed by atoms with Gasteiger partial charge < -0.3 is 14.4 Å². The first-order chi connectivity index (χ1) is 7.92. The van der Waals surface area contributed by atoms with Crippen LogP contribution in [0, 0.1) is 11.8 Å². The molecule has 0 N–H and O–H groups in total. The van der Waals surface area contributed by atoms with Gasteiger partial charge in [0.2, 0.25) is 0 Å². The zero-order chi connectivity index (χ0) is 12.2. The SMILES string of the molecule is CC(C)(C)OC(=O)N1CC2CC3OC3CC2C1. The summed E-state index contributed by atoms with van der Waals surface area (Å²) in [7, 11) is 0. The van der Waals surface area contributed by atoms with E-state index < -0.39 is 5.60 Å². The molecule has 0 spiro atoms. The van der Waals surface area contributed by atoms with E-state index in [4.69, 9.17) is 9.47 Å². The molecule has 0 aromatic rings. The van der Waals surface area contributed by atoms with Crippen LogP contribution in [0.1, 0.15) is 33.6 Å². The third-order valence-corrected chi connectivity index (χ3v) is 3.99. The topological polar surface area (TPSA) is 42.1 Å². The number of ether oxygens (including phenoxy) is 2. The molecule has 0 radical (unpaired) electrons. The Bertz CT molecular complexity index is 318. The second kappa shape index (κ2) is 3.61. The highest BCUT2D eigenvalue weighted by molar-refractivity contribution is 5.68. The van der Waals surface area contributed by atoms with Crippen LogP contribution in [-0.4, -0.2) is 41.9 Å². The Morgan fingerprint density at radius 1 is 1.18 bits per heavy atom. The monoisotopic (exact) mass is 239 g/mol. The van der Waals surface area contributed by atoms with Gasteiger partial charge in [0.05, 0.1) is 12.2 Å². The predicted molar refractivity (Wildman–Crippen MR) is 62.7 cm³/mol. The number of rotatable bonds is 0. The van der Waals surface area contributed by atoms with E-state index in [0.717, 1.165) is 25.9 Å². The van der Waals surface area contributed by atoms with E-state index >= 15 is 0 Å². The normalized spacial score (nSPS) is 39.6. The number of amides is 1. The predicted octanol–water partition coefficient (Wildman–Crippen LogP) is 2.03. The maximum absolute atomic E-state index is 12.0. The maximum Gasteiger partial charge on any atom is 0.410 e. The van der Waals surface area contributed by atoms with E-state index in [-0.39, 0.29) is 6.09 Å².